The molecule has 5 nitrogen and oxygen atoms in total. The van der Waals surface area contributed by atoms with Gasteiger partial charge in [-0.25, -0.2) is 0 Å². The molecule has 1 aromatic rings. The maximum absolute atomic E-state index is 11.5. The molecule has 1 heterocycles. The van der Waals surface area contributed by atoms with Crippen LogP contribution in [0.3, 0.4) is 0 Å². The first-order valence-corrected chi connectivity index (χ1v) is 6.22. The summed E-state index contributed by atoms with van der Waals surface area (Å²) in [5.74, 6) is -0.318. The molecule has 0 bridgehead atoms. The van der Waals surface area contributed by atoms with Crippen LogP contribution in [0.15, 0.2) is 22.8 Å². The monoisotopic (exact) mass is 257 g/mol. The van der Waals surface area contributed by atoms with Gasteiger partial charge in [0.05, 0.1) is 23.3 Å². The molecule has 0 radical (unpaired) electrons. The third-order valence-electron chi connectivity index (χ3n) is 2.16. The summed E-state index contributed by atoms with van der Waals surface area (Å²) in [6.45, 7) is 3.36. The molecule has 0 saturated carbocycles. The Balaban J connectivity index is 2.32. The Kier molecular flexibility index (Phi) is 5.09. The van der Waals surface area contributed by atoms with Crippen LogP contribution in [-0.4, -0.2) is 28.0 Å². The van der Waals surface area contributed by atoms with Crippen molar-refractivity contribution in [1.29, 1.82) is 0 Å². The molecule has 0 spiro atoms. The highest BCUT2D eigenvalue weighted by molar-refractivity contribution is 8.01. The van der Waals surface area contributed by atoms with E-state index in [1.165, 1.54) is 0 Å². The number of furan rings is 1. The smallest absolute Gasteiger partial charge is 0.316 e. The summed E-state index contributed by atoms with van der Waals surface area (Å²) >= 11 is 1.09. The van der Waals surface area contributed by atoms with Crippen LogP contribution in [-0.2, 0) is 9.59 Å². The molecule has 0 aliphatic heterocycles. The van der Waals surface area contributed by atoms with Crippen molar-refractivity contribution in [2.45, 2.75) is 25.1 Å². The standard InChI is InChI=1S/C11H15NO4S/c1-7(9-4-3-5-16-9)12-10(13)6-17-8(2)11(14)15/h3-5,7-8H,6H2,1-2H3,(H,12,13)(H,14,15). The highest BCUT2D eigenvalue weighted by Crippen LogP contribution is 2.14. The van der Waals surface area contributed by atoms with Crippen molar-refractivity contribution in [1.82, 2.24) is 5.32 Å². The molecule has 17 heavy (non-hydrogen) atoms. The van der Waals surface area contributed by atoms with Crippen molar-refractivity contribution in [3.63, 3.8) is 0 Å². The van der Waals surface area contributed by atoms with E-state index in [1.54, 1.807) is 25.3 Å². The number of thioether (sulfide) groups is 1. The topological polar surface area (TPSA) is 79.5 Å². The van der Waals surface area contributed by atoms with E-state index in [0.29, 0.717) is 5.76 Å². The van der Waals surface area contributed by atoms with Crippen LogP contribution >= 0.6 is 11.8 Å². The number of nitrogens with one attached hydrogen (secondary N) is 1. The lowest BCUT2D eigenvalue weighted by Crippen LogP contribution is -2.29. The van der Waals surface area contributed by atoms with Gasteiger partial charge in [0.1, 0.15) is 5.76 Å². The van der Waals surface area contributed by atoms with Gasteiger partial charge in [0.2, 0.25) is 5.91 Å². The van der Waals surface area contributed by atoms with E-state index in [-0.39, 0.29) is 17.7 Å². The van der Waals surface area contributed by atoms with Crippen LogP contribution in [0.4, 0.5) is 0 Å². The molecule has 1 rings (SSSR count). The first-order valence-electron chi connectivity index (χ1n) is 5.18. The molecule has 0 aliphatic rings. The van der Waals surface area contributed by atoms with Gasteiger partial charge >= 0.3 is 5.97 Å². The Labute approximate surface area is 104 Å². The number of rotatable bonds is 6. The summed E-state index contributed by atoms with van der Waals surface area (Å²) in [4.78, 5) is 22.1. The quantitative estimate of drug-likeness (QED) is 0.810. The number of carboxylic acids is 1. The first kappa shape index (κ1) is 13.6. The molecule has 94 valence electrons. The maximum Gasteiger partial charge on any atom is 0.316 e. The number of aliphatic carboxylic acids is 1. The number of carbonyl (C=O) groups excluding carboxylic acids is 1. The molecule has 2 N–H and O–H groups in total. The van der Waals surface area contributed by atoms with Crippen LogP contribution < -0.4 is 5.32 Å². The summed E-state index contributed by atoms with van der Waals surface area (Å²) in [5.41, 5.74) is 0. The summed E-state index contributed by atoms with van der Waals surface area (Å²) in [5, 5.41) is 10.8. The van der Waals surface area contributed by atoms with Crippen molar-refractivity contribution >= 4 is 23.6 Å². The zero-order chi connectivity index (χ0) is 12.8. The van der Waals surface area contributed by atoms with E-state index in [9.17, 15) is 9.59 Å². The van der Waals surface area contributed by atoms with Gasteiger partial charge in [0, 0.05) is 0 Å². The Hall–Kier alpha value is -1.43. The minimum absolute atomic E-state index is 0.124. The van der Waals surface area contributed by atoms with Gasteiger partial charge in [-0.15, -0.1) is 11.8 Å². The predicted molar refractivity (Wildman–Crippen MR) is 64.8 cm³/mol. The van der Waals surface area contributed by atoms with Gasteiger partial charge in [-0.05, 0) is 26.0 Å². The second-order valence-electron chi connectivity index (χ2n) is 3.60. The fourth-order valence-electron chi connectivity index (χ4n) is 1.16. The van der Waals surface area contributed by atoms with E-state index >= 15 is 0 Å². The molecule has 2 unspecified atom stereocenters. The van der Waals surface area contributed by atoms with Gasteiger partial charge in [-0.3, -0.25) is 9.59 Å². The van der Waals surface area contributed by atoms with E-state index in [0.717, 1.165) is 11.8 Å². The summed E-state index contributed by atoms with van der Waals surface area (Å²) in [7, 11) is 0. The molecule has 2 atom stereocenters. The first-order chi connectivity index (χ1) is 8.00. The average molecular weight is 257 g/mol. The molecule has 6 heteroatoms. The van der Waals surface area contributed by atoms with Crippen molar-refractivity contribution in [2.75, 3.05) is 5.75 Å². The van der Waals surface area contributed by atoms with Crippen LogP contribution in [0.25, 0.3) is 0 Å². The zero-order valence-electron chi connectivity index (χ0n) is 9.67. The molecule has 1 aromatic heterocycles. The van der Waals surface area contributed by atoms with Gasteiger partial charge in [-0.1, -0.05) is 0 Å². The van der Waals surface area contributed by atoms with Gasteiger partial charge < -0.3 is 14.8 Å². The van der Waals surface area contributed by atoms with Gasteiger partial charge in [0.25, 0.3) is 0 Å². The Morgan fingerprint density at radius 1 is 1.53 bits per heavy atom. The number of amides is 1. The molecule has 0 aliphatic carbocycles. The fourth-order valence-corrected chi connectivity index (χ4v) is 1.79. The number of hydrogen-bond donors (Lipinski definition) is 2. The Morgan fingerprint density at radius 3 is 2.76 bits per heavy atom. The molecule has 1 amide bonds. The highest BCUT2D eigenvalue weighted by atomic mass is 32.2. The summed E-state index contributed by atoms with van der Waals surface area (Å²) < 4.78 is 5.14. The zero-order valence-corrected chi connectivity index (χ0v) is 10.5. The number of carboxylic acid groups (broad SMARTS) is 1. The van der Waals surface area contributed by atoms with Crippen LogP contribution in [0.1, 0.15) is 25.6 Å². The summed E-state index contributed by atoms with van der Waals surface area (Å²) in [6, 6.07) is 3.32. The minimum Gasteiger partial charge on any atom is -0.480 e. The van der Waals surface area contributed by atoms with Crippen molar-refractivity contribution in [2.24, 2.45) is 0 Å². The summed E-state index contributed by atoms with van der Waals surface area (Å²) in [6.07, 6.45) is 1.54. The predicted octanol–water partition coefficient (Wildman–Crippen LogP) is 1.66. The van der Waals surface area contributed by atoms with Gasteiger partial charge in [0.15, 0.2) is 0 Å². The largest absolute Gasteiger partial charge is 0.480 e. The van der Waals surface area contributed by atoms with Crippen LogP contribution in [0.5, 0.6) is 0 Å². The minimum atomic E-state index is -0.915. The SMILES string of the molecule is CC(SCC(=O)NC(C)c1ccco1)C(=O)O. The van der Waals surface area contributed by atoms with Crippen LogP contribution in [0.2, 0.25) is 0 Å². The van der Waals surface area contributed by atoms with E-state index in [1.807, 2.05) is 6.92 Å². The van der Waals surface area contributed by atoms with E-state index < -0.39 is 11.2 Å². The van der Waals surface area contributed by atoms with Crippen molar-refractivity contribution in [3.8, 4) is 0 Å². The molecule has 0 aromatic carbocycles. The second kappa shape index (κ2) is 6.34. The van der Waals surface area contributed by atoms with Crippen LogP contribution in [0, 0.1) is 0 Å². The Morgan fingerprint density at radius 2 is 2.24 bits per heavy atom. The average Bonchev–Trinajstić information content (AvgIpc) is 2.78. The molecule has 0 fully saturated rings. The van der Waals surface area contributed by atoms with E-state index in [2.05, 4.69) is 5.32 Å². The number of hydrogen-bond acceptors (Lipinski definition) is 4. The molecule has 0 saturated heterocycles. The maximum atomic E-state index is 11.5. The lowest BCUT2D eigenvalue weighted by Gasteiger charge is -2.12. The van der Waals surface area contributed by atoms with Gasteiger partial charge in [-0.2, -0.15) is 0 Å². The number of carbonyl (C=O) groups is 2. The van der Waals surface area contributed by atoms with Crippen molar-refractivity contribution in [3.05, 3.63) is 24.2 Å². The lowest BCUT2D eigenvalue weighted by molar-refractivity contribution is -0.136. The van der Waals surface area contributed by atoms with Crippen molar-refractivity contribution < 1.29 is 19.1 Å². The van der Waals surface area contributed by atoms with E-state index in [4.69, 9.17) is 9.52 Å². The second-order valence-corrected chi connectivity index (χ2v) is 4.93. The normalized spacial score (nSPS) is 14.0. The third kappa shape index (κ3) is 4.52. The highest BCUT2D eigenvalue weighted by Gasteiger charge is 2.15. The lowest BCUT2D eigenvalue weighted by atomic mass is 10.2. The molecular weight excluding hydrogens is 242 g/mol. The molecular formula is C11H15NO4S. The third-order valence-corrected chi connectivity index (χ3v) is 3.29. The fraction of sp³-hybridized carbons (Fsp3) is 0.455. The Bertz CT molecular complexity index is 377.